The number of rotatable bonds is 2. The van der Waals surface area contributed by atoms with Crippen molar-refractivity contribution in [3.63, 3.8) is 0 Å². The first-order valence-corrected chi connectivity index (χ1v) is 5.86. The molecule has 0 fully saturated rings. The summed E-state index contributed by atoms with van der Waals surface area (Å²) in [7, 11) is 0. The van der Waals surface area contributed by atoms with Crippen LogP contribution in [-0.4, -0.2) is 15.0 Å². The zero-order valence-electron chi connectivity index (χ0n) is 8.44. The summed E-state index contributed by atoms with van der Waals surface area (Å²) in [5.74, 6) is 0.719. The lowest BCUT2D eigenvalue weighted by atomic mass is 10.2. The van der Waals surface area contributed by atoms with E-state index in [-0.39, 0.29) is 5.38 Å². The molecular weight excluding hydrogens is 230 g/mol. The highest BCUT2D eigenvalue weighted by Gasteiger charge is 2.09. The number of aromatic nitrogens is 3. The second kappa shape index (κ2) is 4.24. The van der Waals surface area contributed by atoms with Gasteiger partial charge in [-0.05, 0) is 13.8 Å². The van der Waals surface area contributed by atoms with Gasteiger partial charge in [0, 0.05) is 23.7 Å². The van der Waals surface area contributed by atoms with Gasteiger partial charge in [0.25, 0.3) is 0 Å². The zero-order chi connectivity index (χ0) is 10.8. The van der Waals surface area contributed by atoms with Crippen molar-refractivity contribution in [1.29, 1.82) is 0 Å². The van der Waals surface area contributed by atoms with E-state index < -0.39 is 0 Å². The molecule has 5 heteroatoms. The van der Waals surface area contributed by atoms with Crippen LogP contribution < -0.4 is 0 Å². The smallest absolute Gasteiger partial charge is 0.171 e. The van der Waals surface area contributed by atoms with Gasteiger partial charge in [-0.15, -0.1) is 22.9 Å². The number of hydrogen-bond acceptors (Lipinski definition) is 4. The molecule has 0 bridgehead atoms. The lowest BCUT2D eigenvalue weighted by Crippen LogP contribution is -1.97. The summed E-state index contributed by atoms with van der Waals surface area (Å²) in [6.07, 6.45) is 3.55. The summed E-state index contributed by atoms with van der Waals surface area (Å²) in [5, 5.41) is -0.0551. The van der Waals surface area contributed by atoms with Gasteiger partial charge in [-0.3, -0.25) is 4.98 Å². The molecular formula is C10H10ClN3S. The summed E-state index contributed by atoms with van der Waals surface area (Å²) in [4.78, 5) is 13.7. The minimum atomic E-state index is -0.0551. The lowest BCUT2D eigenvalue weighted by molar-refractivity contribution is 0.977. The van der Waals surface area contributed by atoms with Crippen LogP contribution in [0.5, 0.6) is 0 Å². The molecule has 2 aromatic heterocycles. The first-order chi connectivity index (χ1) is 7.18. The second-order valence-corrected chi connectivity index (χ2v) is 4.76. The topological polar surface area (TPSA) is 38.7 Å². The maximum absolute atomic E-state index is 6.00. The van der Waals surface area contributed by atoms with Gasteiger partial charge in [-0.2, -0.15) is 0 Å². The maximum Gasteiger partial charge on any atom is 0.171 e. The van der Waals surface area contributed by atoms with Crippen LogP contribution >= 0.6 is 22.9 Å². The minimum Gasteiger partial charge on any atom is -0.252 e. The highest BCUT2D eigenvalue weighted by Crippen LogP contribution is 2.24. The number of halogens is 1. The Kier molecular flexibility index (Phi) is 2.98. The predicted molar refractivity (Wildman–Crippen MR) is 62.1 cm³/mol. The van der Waals surface area contributed by atoms with Crippen LogP contribution in [0.4, 0.5) is 0 Å². The quantitative estimate of drug-likeness (QED) is 0.756. The van der Waals surface area contributed by atoms with Crippen molar-refractivity contribution in [3.8, 4) is 10.7 Å². The first-order valence-electron chi connectivity index (χ1n) is 4.55. The minimum absolute atomic E-state index is 0.0551. The van der Waals surface area contributed by atoms with E-state index in [0.29, 0.717) is 0 Å². The van der Waals surface area contributed by atoms with Gasteiger partial charge in [0.2, 0.25) is 0 Å². The van der Waals surface area contributed by atoms with Crippen molar-refractivity contribution in [2.45, 2.75) is 19.2 Å². The molecule has 2 rings (SSSR count). The van der Waals surface area contributed by atoms with Gasteiger partial charge in [0.1, 0.15) is 0 Å². The van der Waals surface area contributed by atoms with E-state index in [2.05, 4.69) is 15.0 Å². The van der Waals surface area contributed by atoms with E-state index in [1.165, 1.54) is 11.3 Å². The SMILES string of the molecule is Cc1nc(-c2cncs2)ncc1C(C)Cl. The van der Waals surface area contributed by atoms with E-state index in [1.54, 1.807) is 17.9 Å². The third kappa shape index (κ3) is 2.16. The summed E-state index contributed by atoms with van der Waals surface area (Å²) in [5.41, 5.74) is 3.67. The molecule has 0 spiro atoms. The molecule has 0 aliphatic rings. The molecule has 2 heterocycles. The van der Waals surface area contributed by atoms with Crippen molar-refractivity contribution in [2.24, 2.45) is 0 Å². The summed E-state index contributed by atoms with van der Waals surface area (Å²) in [6, 6.07) is 0. The van der Waals surface area contributed by atoms with Gasteiger partial charge < -0.3 is 0 Å². The molecule has 0 aliphatic carbocycles. The second-order valence-electron chi connectivity index (χ2n) is 3.22. The maximum atomic E-state index is 6.00. The highest BCUT2D eigenvalue weighted by atomic mass is 35.5. The summed E-state index contributed by atoms with van der Waals surface area (Å²) >= 11 is 7.53. The van der Waals surface area contributed by atoms with Crippen LogP contribution in [-0.2, 0) is 0 Å². The molecule has 0 amide bonds. The van der Waals surface area contributed by atoms with Crippen molar-refractivity contribution < 1.29 is 0 Å². The van der Waals surface area contributed by atoms with E-state index in [4.69, 9.17) is 11.6 Å². The van der Waals surface area contributed by atoms with Gasteiger partial charge in [-0.25, -0.2) is 9.97 Å². The Morgan fingerprint density at radius 2 is 2.20 bits per heavy atom. The van der Waals surface area contributed by atoms with Crippen molar-refractivity contribution in [3.05, 3.63) is 29.2 Å². The number of thiazole rings is 1. The van der Waals surface area contributed by atoms with E-state index in [9.17, 15) is 0 Å². The molecule has 0 aromatic carbocycles. The monoisotopic (exact) mass is 239 g/mol. The fraction of sp³-hybridized carbons (Fsp3) is 0.300. The molecule has 0 aliphatic heterocycles. The van der Waals surface area contributed by atoms with E-state index in [0.717, 1.165) is 22.0 Å². The molecule has 1 unspecified atom stereocenters. The molecule has 2 aromatic rings. The van der Waals surface area contributed by atoms with Gasteiger partial charge in [0.15, 0.2) is 5.82 Å². The average Bonchev–Trinajstić information content (AvgIpc) is 2.69. The Bertz CT molecular complexity index is 454. The van der Waals surface area contributed by atoms with Gasteiger partial charge in [-0.1, -0.05) is 0 Å². The average molecular weight is 240 g/mol. The molecule has 0 radical (unpaired) electrons. The number of hydrogen-bond donors (Lipinski definition) is 0. The fourth-order valence-corrected chi connectivity index (χ4v) is 2.09. The van der Waals surface area contributed by atoms with Crippen LogP contribution in [0.25, 0.3) is 10.7 Å². The standard InChI is InChI=1S/C10H10ClN3S/c1-6(11)8-3-13-10(14-7(8)2)9-4-12-5-15-9/h3-6H,1-2H3. The van der Waals surface area contributed by atoms with Crippen LogP contribution in [0.1, 0.15) is 23.6 Å². The third-order valence-corrected chi connectivity index (χ3v) is 3.10. The van der Waals surface area contributed by atoms with Crippen LogP contribution in [0, 0.1) is 6.92 Å². The Labute approximate surface area is 97.2 Å². The summed E-state index contributed by atoms with van der Waals surface area (Å²) < 4.78 is 0. The Balaban J connectivity index is 2.42. The zero-order valence-corrected chi connectivity index (χ0v) is 10.0. The first kappa shape index (κ1) is 10.5. The fourth-order valence-electron chi connectivity index (χ4n) is 1.31. The Morgan fingerprint density at radius 3 is 2.73 bits per heavy atom. The van der Waals surface area contributed by atoms with Gasteiger partial charge in [0.05, 0.1) is 15.8 Å². The molecule has 15 heavy (non-hydrogen) atoms. The Hall–Kier alpha value is -1.00. The summed E-state index contributed by atoms with van der Waals surface area (Å²) in [6.45, 7) is 3.86. The van der Waals surface area contributed by atoms with Crippen LogP contribution in [0.2, 0.25) is 0 Å². The third-order valence-electron chi connectivity index (χ3n) is 2.10. The predicted octanol–water partition coefficient (Wildman–Crippen LogP) is 3.21. The lowest BCUT2D eigenvalue weighted by Gasteiger charge is -2.06. The van der Waals surface area contributed by atoms with Crippen LogP contribution in [0.3, 0.4) is 0 Å². The molecule has 0 N–H and O–H groups in total. The molecule has 78 valence electrons. The molecule has 0 saturated carbocycles. The van der Waals surface area contributed by atoms with Crippen LogP contribution in [0.15, 0.2) is 17.9 Å². The normalized spacial score (nSPS) is 12.7. The highest BCUT2D eigenvalue weighted by molar-refractivity contribution is 7.13. The number of aryl methyl sites for hydroxylation is 1. The van der Waals surface area contributed by atoms with Crippen molar-refractivity contribution >= 4 is 22.9 Å². The van der Waals surface area contributed by atoms with E-state index in [1.807, 2.05) is 13.8 Å². The molecule has 1 atom stereocenters. The molecule has 3 nitrogen and oxygen atoms in total. The largest absolute Gasteiger partial charge is 0.252 e. The number of nitrogens with zero attached hydrogens (tertiary/aromatic N) is 3. The number of alkyl halides is 1. The Morgan fingerprint density at radius 1 is 1.40 bits per heavy atom. The van der Waals surface area contributed by atoms with Gasteiger partial charge >= 0.3 is 0 Å². The van der Waals surface area contributed by atoms with Crippen molar-refractivity contribution in [1.82, 2.24) is 15.0 Å². The van der Waals surface area contributed by atoms with E-state index >= 15 is 0 Å². The molecule has 0 saturated heterocycles. The van der Waals surface area contributed by atoms with Crippen molar-refractivity contribution in [2.75, 3.05) is 0 Å².